The van der Waals surface area contributed by atoms with Crippen LogP contribution in [0.1, 0.15) is 18.2 Å². The van der Waals surface area contributed by atoms with Gasteiger partial charge in [0.15, 0.2) is 5.43 Å². The number of H-pyrrole nitrogens is 1. The number of nitrogens with zero attached hydrogens (tertiary/aromatic N) is 1. The molecule has 1 aromatic carbocycles. The van der Waals surface area contributed by atoms with Crippen LogP contribution in [0.5, 0.6) is 5.75 Å². The highest BCUT2D eigenvalue weighted by Crippen LogP contribution is 2.28. The summed E-state index contributed by atoms with van der Waals surface area (Å²) in [6.45, 7) is 5.25. The van der Waals surface area contributed by atoms with Crippen LogP contribution in [0.2, 0.25) is 5.02 Å². The van der Waals surface area contributed by atoms with Gasteiger partial charge in [-0.25, -0.2) is 0 Å². The van der Waals surface area contributed by atoms with Crippen LogP contribution in [0.3, 0.4) is 0 Å². The first-order valence-corrected chi connectivity index (χ1v) is 7.44. The van der Waals surface area contributed by atoms with Crippen molar-refractivity contribution in [2.45, 2.75) is 20.3 Å². The highest BCUT2D eigenvalue weighted by molar-refractivity contribution is 6.32. The molecule has 0 amide bonds. The van der Waals surface area contributed by atoms with Gasteiger partial charge in [0, 0.05) is 29.3 Å². The van der Waals surface area contributed by atoms with Gasteiger partial charge in [0.2, 0.25) is 0 Å². The average Bonchev–Trinajstić information content (AvgIpc) is 2.41. The van der Waals surface area contributed by atoms with Gasteiger partial charge >= 0.3 is 0 Å². The van der Waals surface area contributed by atoms with Crippen LogP contribution < -0.4 is 10.2 Å². The van der Waals surface area contributed by atoms with Crippen molar-refractivity contribution in [1.82, 2.24) is 9.88 Å². The molecule has 0 bridgehead atoms. The molecule has 0 saturated carbocycles. The van der Waals surface area contributed by atoms with E-state index in [1.165, 1.54) is 0 Å². The van der Waals surface area contributed by atoms with Crippen molar-refractivity contribution < 1.29 is 4.74 Å². The fourth-order valence-electron chi connectivity index (χ4n) is 2.33. The predicted octanol–water partition coefficient (Wildman–Crippen LogP) is 2.99. The fraction of sp³-hybridized carbons (Fsp3) is 0.438. The molecule has 0 aliphatic heterocycles. The minimum atomic E-state index is 0.0468. The normalized spacial score (nSPS) is 11.3. The smallest absolute Gasteiger partial charge is 0.192 e. The van der Waals surface area contributed by atoms with E-state index in [-0.39, 0.29) is 5.43 Å². The molecule has 0 fully saturated rings. The van der Waals surface area contributed by atoms with Crippen molar-refractivity contribution >= 4 is 22.5 Å². The molecule has 4 nitrogen and oxygen atoms in total. The summed E-state index contributed by atoms with van der Waals surface area (Å²) in [5.41, 5.74) is 2.51. The fourth-order valence-corrected chi connectivity index (χ4v) is 2.55. The minimum absolute atomic E-state index is 0.0468. The molecule has 2 aromatic rings. The Kier molecular flexibility index (Phi) is 4.91. The largest absolute Gasteiger partial charge is 0.491 e. The lowest BCUT2D eigenvalue weighted by Gasteiger charge is -2.13. The van der Waals surface area contributed by atoms with Crippen LogP contribution in [-0.2, 0) is 6.42 Å². The number of aromatic nitrogens is 1. The van der Waals surface area contributed by atoms with Crippen LogP contribution in [0.4, 0.5) is 0 Å². The van der Waals surface area contributed by atoms with E-state index in [9.17, 15) is 4.79 Å². The van der Waals surface area contributed by atoms with Gasteiger partial charge in [0.25, 0.3) is 0 Å². The summed E-state index contributed by atoms with van der Waals surface area (Å²) in [5, 5.41) is 1.08. The number of halogens is 1. The van der Waals surface area contributed by atoms with Gasteiger partial charge in [-0.1, -0.05) is 18.5 Å². The maximum absolute atomic E-state index is 12.4. The number of rotatable bonds is 5. The molecule has 0 aliphatic carbocycles. The lowest BCUT2D eigenvalue weighted by atomic mass is 10.1. The molecule has 21 heavy (non-hydrogen) atoms. The first-order valence-electron chi connectivity index (χ1n) is 7.06. The Morgan fingerprint density at radius 2 is 2.05 bits per heavy atom. The summed E-state index contributed by atoms with van der Waals surface area (Å²) in [5.74, 6) is 0.602. The van der Waals surface area contributed by atoms with Crippen molar-refractivity contribution in [2.75, 3.05) is 27.2 Å². The molecule has 1 aromatic heterocycles. The minimum Gasteiger partial charge on any atom is -0.491 e. The number of hydrogen-bond acceptors (Lipinski definition) is 3. The number of ether oxygens (including phenoxy) is 1. The zero-order chi connectivity index (χ0) is 15.6. The summed E-state index contributed by atoms with van der Waals surface area (Å²) in [7, 11) is 3.97. The van der Waals surface area contributed by atoms with Crippen molar-refractivity contribution in [3.8, 4) is 5.75 Å². The van der Waals surface area contributed by atoms with Crippen LogP contribution in [-0.4, -0.2) is 37.1 Å². The second kappa shape index (κ2) is 6.50. The molecule has 0 unspecified atom stereocenters. The van der Waals surface area contributed by atoms with Gasteiger partial charge in [0.1, 0.15) is 12.4 Å². The quantitative estimate of drug-likeness (QED) is 0.923. The summed E-state index contributed by atoms with van der Waals surface area (Å²) in [4.78, 5) is 17.7. The number of aryl methyl sites for hydroxylation is 1. The third-order valence-electron chi connectivity index (χ3n) is 3.52. The Bertz CT molecular complexity index is 707. The molecule has 0 saturated heterocycles. The van der Waals surface area contributed by atoms with E-state index in [0.29, 0.717) is 29.2 Å². The second-order valence-electron chi connectivity index (χ2n) is 5.39. The third kappa shape index (κ3) is 3.39. The van der Waals surface area contributed by atoms with Gasteiger partial charge in [-0.05, 0) is 33.5 Å². The van der Waals surface area contributed by atoms with E-state index < -0.39 is 0 Å². The lowest BCUT2D eigenvalue weighted by molar-refractivity contribution is 0.262. The van der Waals surface area contributed by atoms with E-state index >= 15 is 0 Å². The lowest BCUT2D eigenvalue weighted by Crippen LogP contribution is -2.19. The number of benzene rings is 1. The van der Waals surface area contributed by atoms with E-state index in [0.717, 1.165) is 23.3 Å². The van der Waals surface area contributed by atoms with Gasteiger partial charge in [-0.15, -0.1) is 0 Å². The molecule has 0 radical (unpaired) electrons. The second-order valence-corrected chi connectivity index (χ2v) is 5.80. The monoisotopic (exact) mass is 308 g/mol. The van der Waals surface area contributed by atoms with E-state index in [2.05, 4.69) is 4.98 Å². The number of aromatic amines is 1. The van der Waals surface area contributed by atoms with Crippen molar-refractivity contribution in [3.63, 3.8) is 0 Å². The van der Waals surface area contributed by atoms with Crippen LogP contribution in [0.15, 0.2) is 16.9 Å². The van der Waals surface area contributed by atoms with Gasteiger partial charge in [0.05, 0.1) is 10.5 Å². The molecule has 0 atom stereocenters. The highest BCUT2D eigenvalue weighted by Gasteiger charge is 2.11. The number of likely N-dealkylation sites (N-methyl/N-ethyl adjacent to an activating group) is 1. The zero-order valence-corrected chi connectivity index (χ0v) is 13.7. The summed E-state index contributed by atoms with van der Waals surface area (Å²) < 4.78 is 5.70. The molecular weight excluding hydrogens is 288 g/mol. The number of hydrogen-bond donors (Lipinski definition) is 1. The first kappa shape index (κ1) is 15.9. The summed E-state index contributed by atoms with van der Waals surface area (Å²) in [6.07, 6.45) is 0.704. The Balaban J connectivity index is 2.43. The predicted molar refractivity (Wildman–Crippen MR) is 87.7 cm³/mol. The van der Waals surface area contributed by atoms with Crippen LogP contribution >= 0.6 is 11.6 Å². The van der Waals surface area contributed by atoms with Crippen molar-refractivity contribution in [2.24, 2.45) is 0 Å². The molecule has 114 valence electrons. The first-order chi connectivity index (χ1) is 9.93. The third-order valence-corrected chi connectivity index (χ3v) is 3.81. The molecule has 2 rings (SSSR count). The molecule has 1 N–H and O–H groups in total. The van der Waals surface area contributed by atoms with Crippen molar-refractivity contribution in [1.29, 1.82) is 0 Å². The van der Waals surface area contributed by atoms with Gasteiger partial charge in [-0.3, -0.25) is 4.79 Å². The highest BCUT2D eigenvalue weighted by atomic mass is 35.5. The Morgan fingerprint density at radius 1 is 1.33 bits per heavy atom. The molecule has 1 heterocycles. The Labute approximate surface area is 129 Å². The SMILES string of the molecule is CCc1c(C)[nH]c2cc(OCCN(C)C)c(Cl)cc2c1=O. The standard InChI is InChI=1S/C16H21ClN2O2/c1-5-11-10(2)18-14-9-15(21-7-6-19(3)4)13(17)8-12(14)16(11)20/h8-9H,5-7H2,1-4H3,(H,18,20). The Morgan fingerprint density at radius 3 is 2.67 bits per heavy atom. The van der Waals surface area contributed by atoms with E-state index in [1.807, 2.05) is 32.8 Å². The maximum Gasteiger partial charge on any atom is 0.192 e. The van der Waals surface area contributed by atoms with Crippen molar-refractivity contribution in [3.05, 3.63) is 38.6 Å². The number of fused-ring (bicyclic) bond motifs is 1. The molecule has 5 heteroatoms. The van der Waals surface area contributed by atoms with E-state index in [1.54, 1.807) is 12.1 Å². The molecule has 0 aliphatic rings. The van der Waals surface area contributed by atoms with Gasteiger partial charge < -0.3 is 14.6 Å². The Hall–Kier alpha value is -1.52. The molecule has 0 spiro atoms. The van der Waals surface area contributed by atoms with E-state index in [4.69, 9.17) is 16.3 Å². The topological polar surface area (TPSA) is 45.3 Å². The summed E-state index contributed by atoms with van der Waals surface area (Å²) >= 11 is 6.23. The number of nitrogens with one attached hydrogen (secondary N) is 1. The van der Waals surface area contributed by atoms with Gasteiger partial charge in [-0.2, -0.15) is 0 Å². The molecular formula is C16H21ClN2O2. The maximum atomic E-state index is 12.4. The van der Waals surface area contributed by atoms with Crippen LogP contribution in [0, 0.1) is 6.92 Å². The number of pyridine rings is 1. The average molecular weight is 309 g/mol. The summed E-state index contributed by atoms with van der Waals surface area (Å²) in [6, 6.07) is 3.50. The van der Waals surface area contributed by atoms with Crippen LogP contribution in [0.25, 0.3) is 10.9 Å². The zero-order valence-electron chi connectivity index (χ0n) is 12.9.